The van der Waals surface area contributed by atoms with Crippen LogP contribution in [0, 0.1) is 0 Å². The number of amides is 1. The molecule has 1 N–H and O–H groups in total. The van der Waals surface area contributed by atoms with Crippen LogP contribution in [0.3, 0.4) is 0 Å². The summed E-state index contributed by atoms with van der Waals surface area (Å²) < 4.78 is 25.4. The quantitative estimate of drug-likeness (QED) is 0.700. The van der Waals surface area contributed by atoms with Gasteiger partial charge in [0.15, 0.2) is 0 Å². The van der Waals surface area contributed by atoms with E-state index < -0.39 is 22.5 Å². The molecule has 0 unspecified atom stereocenters. The Kier molecular flexibility index (Phi) is 6.93. The summed E-state index contributed by atoms with van der Waals surface area (Å²) in [4.78, 5) is 14.8. The van der Waals surface area contributed by atoms with Gasteiger partial charge < -0.3 is 10.2 Å². The van der Waals surface area contributed by atoms with Crippen molar-refractivity contribution in [2.75, 3.05) is 40.4 Å². The predicted octanol–water partition coefficient (Wildman–Crippen LogP) is 4.39. The molecule has 1 saturated heterocycles. The van der Waals surface area contributed by atoms with Gasteiger partial charge in [-0.3, -0.25) is 9.10 Å². The van der Waals surface area contributed by atoms with Gasteiger partial charge in [0.25, 0.3) is 0 Å². The van der Waals surface area contributed by atoms with Crippen LogP contribution in [0.5, 0.6) is 0 Å². The van der Waals surface area contributed by atoms with Gasteiger partial charge in [-0.1, -0.05) is 29.3 Å². The van der Waals surface area contributed by atoms with E-state index in [1.54, 1.807) is 12.1 Å². The molecule has 1 amide bonds. The van der Waals surface area contributed by atoms with Gasteiger partial charge in [0.2, 0.25) is 15.9 Å². The zero-order chi connectivity index (χ0) is 21.0. The largest absolute Gasteiger partial charge is 0.372 e. The van der Waals surface area contributed by atoms with Crippen molar-refractivity contribution in [3.63, 3.8) is 0 Å². The summed E-state index contributed by atoms with van der Waals surface area (Å²) in [5.74, 6) is -0.475. The number of sulfonamides is 1. The third-order valence-electron chi connectivity index (χ3n) is 4.76. The monoisotopic (exact) mass is 455 g/mol. The van der Waals surface area contributed by atoms with Crippen molar-refractivity contribution in [2.24, 2.45) is 0 Å². The lowest BCUT2D eigenvalue weighted by molar-refractivity contribution is -0.114. The lowest BCUT2D eigenvalue weighted by Crippen LogP contribution is -2.37. The van der Waals surface area contributed by atoms with E-state index in [1.807, 2.05) is 24.3 Å². The Balaban J connectivity index is 1.71. The van der Waals surface area contributed by atoms with Crippen LogP contribution in [0.4, 0.5) is 17.1 Å². The number of nitrogens with zero attached hydrogens (tertiary/aromatic N) is 2. The molecule has 2 aromatic carbocycles. The van der Waals surface area contributed by atoms with Gasteiger partial charge in [-0.2, -0.15) is 0 Å². The van der Waals surface area contributed by atoms with Crippen LogP contribution < -0.4 is 14.5 Å². The number of anilines is 3. The summed E-state index contributed by atoms with van der Waals surface area (Å²) in [5, 5.41) is 3.03. The molecule has 0 atom stereocenters. The molecule has 2 aromatic rings. The molecule has 9 heteroatoms. The Bertz CT molecular complexity index is 975. The lowest BCUT2D eigenvalue weighted by atomic mass is 10.1. The van der Waals surface area contributed by atoms with Crippen molar-refractivity contribution in [1.82, 2.24) is 0 Å². The van der Waals surface area contributed by atoms with Crippen LogP contribution in [-0.4, -0.2) is 40.2 Å². The molecule has 1 aliphatic heterocycles. The second-order valence-corrected chi connectivity index (χ2v) is 9.68. The second kappa shape index (κ2) is 9.24. The number of piperidine rings is 1. The third-order valence-corrected chi connectivity index (χ3v) is 6.70. The average molecular weight is 456 g/mol. The number of rotatable bonds is 6. The molecule has 29 heavy (non-hydrogen) atoms. The number of hydrogen-bond acceptors (Lipinski definition) is 4. The molecular weight excluding hydrogens is 433 g/mol. The Hall–Kier alpha value is -1.96. The Morgan fingerprint density at radius 2 is 1.72 bits per heavy atom. The van der Waals surface area contributed by atoms with E-state index >= 15 is 0 Å². The number of nitrogens with one attached hydrogen (secondary N) is 1. The number of benzene rings is 2. The van der Waals surface area contributed by atoms with Crippen LogP contribution >= 0.6 is 23.2 Å². The molecular formula is C20H23Cl2N3O3S. The molecule has 1 fully saturated rings. The van der Waals surface area contributed by atoms with Crippen molar-refractivity contribution in [2.45, 2.75) is 19.3 Å². The van der Waals surface area contributed by atoms with E-state index in [0.29, 0.717) is 5.69 Å². The zero-order valence-electron chi connectivity index (χ0n) is 16.1. The summed E-state index contributed by atoms with van der Waals surface area (Å²) in [6, 6.07) is 12.2. The van der Waals surface area contributed by atoms with Crippen molar-refractivity contribution >= 4 is 56.2 Å². The highest BCUT2D eigenvalue weighted by Gasteiger charge is 2.24. The molecule has 0 spiro atoms. The fraction of sp³-hybridized carbons (Fsp3) is 0.350. The Morgan fingerprint density at radius 1 is 1.07 bits per heavy atom. The topological polar surface area (TPSA) is 69.7 Å². The van der Waals surface area contributed by atoms with E-state index in [0.717, 1.165) is 29.3 Å². The molecule has 3 rings (SSSR count). The minimum absolute atomic E-state index is 0.0817. The van der Waals surface area contributed by atoms with Crippen LogP contribution in [0.15, 0.2) is 42.5 Å². The number of carbonyl (C=O) groups is 1. The van der Waals surface area contributed by atoms with Crippen LogP contribution in [0.2, 0.25) is 10.0 Å². The van der Waals surface area contributed by atoms with E-state index in [1.165, 1.54) is 25.3 Å². The highest BCUT2D eigenvalue weighted by molar-refractivity contribution is 7.92. The fourth-order valence-corrected chi connectivity index (χ4v) is 4.61. The molecule has 0 saturated carbocycles. The molecule has 0 bridgehead atoms. The first-order chi connectivity index (χ1) is 13.8. The second-order valence-electron chi connectivity index (χ2n) is 6.99. The maximum Gasteiger partial charge on any atom is 0.245 e. The maximum absolute atomic E-state index is 12.5. The summed E-state index contributed by atoms with van der Waals surface area (Å²) in [6.45, 7) is 1.66. The summed E-state index contributed by atoms with van der Waals surface area (Å²) >= 11 is 12.1. The lowest BCUT2D eigenvalue weighted by Gasteiger charge is -2.29. The molecule has 0 aliphatic carbocycles. The summed E-state index contributed by atoms with van der Waals surface area (Å²) in [6.07, 6.45) is 4.65. The van der Waals surface area contributed by atoms with Gasteiger partial charge in [-0.25, -0.2) is 8.42 Å². The van der Waals surface area contributed by atoms with Gasteiger partial charge in [0.1, 0.15) is 6.54 Å². The van der Waals surface area contributed by atoms with E-state index in [2.05, 4.69) is 10.2 Å². The minimum Gasteiger partial charge on any atom is -0.372 e. The Morgan fingerprint density at radius 3 is 2.34 bits per heavy atom. The number of halogens is 2. The van der Waals surface area contributed by atoms with Crippen molar-refractivity contribution in [1.29, 1.82) is 0 Å². The molecule has 1 heterocycles. The zero-order valence-corrected chi connectivity index (χ0v) is 18.4. The number of carbonyl (C=O) groups excluding carboxylic acids is 1. The third kappa shape index (κ3) is 5.56. The van der Waals surface area contributed by atoms with Gasteiger partial charge >= 0.3 is 0 Å². The first-order valence-corrected chi connectivity index (χ1v) is 11.9. The SMILES string of the molecule is CS(=O)(=O)N(CC(=O)Nc1ccc(N2CCCCC2)cc1)c1cccc(Cl)c1Cl. The molecule has 156 valence electrons. The highest BCUT2D eigenvalue weighted by atomic mass is 35.5. The maximum atomic E-state index is 12.5. The Labute approximate surface area is 181 Å². The van der Waals surface area contributed by atoms with E-state index in [-0.39, 0.29) is 15.7 Å². The first-order valence-electron chi connectivity index (χ1n) is 9.32. The highest BCUT2D eigenvalue weighted by Crippen LogP contribution is 2.33. The van der Waals surface area contributed by atoms with Crippen LogP contribution in [0.25, 0.3) is 0 Å². The van der Waals surface area contributed by atoms with Gasteiger partial charge in [0, 0.05) is 24.5 Å². The number of hydrogen-bond donors (Lipinski definition) is 1. The normalized spacial score (nSPS) is 14.5. The molecule has 1 aliphatic rings. The van der Waals surface area contributed by atoms with Gasteiger partial charge in [0.05, 0.1) is 22.0 Å². The first kappa shape index (κ1) is 21.7. The van der Waals surface area contributed by atoms with Crippen molar-refractivity contribution in [3.8, 4) is 0 Å². The predicted molar refractivity (Wildman–Crippen MR) is 120 cm³/mol. The summed E-state index contributed by atoms with van der Waals surface area (Å²) in [5.41, 5.74) is 1.88. The van der Waals surface area contributed by atoms with E-state index in [4.69, 9.17) is 23.2 Å². The van der Waals surface area contributed by atoms with Crippen molar-refractivity contribution < 1.29 is 13.2 Å². The van der Waals surface area contributed by atoms with Crippen LogP contribution in [-0.2, 0) is 14.8 Å². The van der Waals surface area contributed by atoms with Gasteiger partial charge in [-0.15, -0.1) is 0 Å². The molecule has 6 nitrogen and oxygen atoms in total. The minimum atomic E-state index is -3.74. The van der Waals surface area contributed by atoms with E-state index in [9.17, 15) is 13.2 Å². The van der Waals surface area contributed by atoms with Gasteiger partial charge in [-0.05, 0) is 55.7 Å². The van der Waals surface area contributed by atoms with Crippen molar-refractivity contribution in [3.05, 3.63) is 52.5 Å². The summed E-state index contributed by atoms with van der Waals surface area (Å²) in [7, 11) is -3.74. The standard InChI is InChI=1S/C20H23Cl2N3O3S/c1-29(27,28)25(18-7-5-6-17(21)20(18)22)14-19(26)23-15-8-10-16(11-9-15)24-12-3-2-4-13-24/h5-11H,2-4,12-14H2,1H3,(H,23,26). The average Bonchev–Trinajstić information content (AvgIpc) is 2.69. The fourth-order valence-electron chi connectivity index (χ4n) is 3.30. The molecule has 0 radical (unpaired) electrons. The smallest absolute Gasteiger partial charge is 0.245 e. The van der Waals surface area contributed by atoms with Crippen LogP contribution in [0.1, 0.15) is 19.3 Å². The molecule has 0 aromatic heterocycles.